The van der Waals surface area contributed by atoms with Crippen LogP contribution < -0.4 is 4.74 Å². The zero-order chi connectivity index (χ0) is 16.1. The highest BCUT2D eigenvalue weighted by Crippen LogP contribution is 2.25. The molecule has 0 N–H and O–H groups in total. The van der Waals surface area contributed by atoms with Crippen LogP contribution in [-0.2, 0) is 0 Å². The van der Waals surface area contributed by atoms with Gasteiger partial charge in [0.15, 0.2) is 0 Å². The lowest BCUT2D eigenvalue weighted by molar-refractivity contribution is 0.0702. The van der Waals surface area contributed by atoms with Gasteiger partial charge in [-0.15, -0.1) is 0 Å². The Morgan fingerprint density at radius 3 is 2.45 bits per heavy atom. The SMILES string of the molecule is CCN(C(=O)c1ccc(C)cc1)C(C)c1cccc(OC)c1. The molecule has 0 heterocycles. The summed E-state index contributed by atoms with van der Waals surface area (Å²) in [5.74, 6) is 0.862. The fourth-order valence-corrected chi connectivity index (χ4v) is 2.54. The summed E-state index contributed by atoms with van der Waals surface area (Å²) < 4.78 is 5.27. The van der Waals surface area contributed by atoms with Crippen LogP contribution in [0.25, 0.3) is 0 Å². The third-order valence-electron chi connectivity index (χ3n) is 3.94. The minimum atomic E-state index is -0.00565. The summed E-state index contributed by atoms with van der Waals surface area (Å²) in [5.41, 5.74) is 2.95. The number of hydrogen-bond donors (Lipinski definition) is 0. The summed E-state index contributed by atoms with van der Waals surface area (Å²) in [4.78, 5) is 14.6. The number of carbonyl (C=O) groups is 1. The van der Waals surface area contributed by atoms with Crippen molar-refractivity contribution in [3.8, 4) is 5.75 Å². The maximum Gasteiger partial charge on any atom is 0.254 e. The maximum atomic E-state index is 12.8. The second-order valence-electron chi connectivity index (χ2n) is 5.41. The van der Waals surface area contributed by atoms with Gasteiger partial charge in [-0.25, -0.2) is 0 Å². The van der Waals surface area contributed by atoms with E-state index in [4.69, 9.17) is 4.74 Å². The molecule has 2 rings (SSSR count). The first-order valence-corrected chi connectivity index (χ1v) is 7.58. The van der Waals surface area contributed by atoms with Gasteiger partial charge in [0.2, 0.25) is 0 Å². The predicted molar refractivity (Wildman–Crippen MR) is 89.3 cm³/mol. The van der Waals surface area contributed by atoms with Gasteiger partial charge in [0, 0.05) is 12.1 Å². The molecule has 0 radical (unpaired) electrons. The molecular formula is C19H23NO2. The first-order valence-electron chi connectivity index (χ1n) is 7.58. The molecule has 116 valence electrons. The molecule has 0 aliphatic heterocycles. The Morgan fingerprint density at radius 1 is 1.18 bits per heavy atom. The maximum absolute atomic E-state index is 12.8. The fraction of sp³-hybridized carbons (Fsp3) is 0.316. The highest BCUT2D eigenvalue weighted by Gasteiger charge is 2.21. The Balaban J connectivity index is 2.26. The molecule has 2 aromatic carbocycles. The van der Waals surface area contributed by atoms with E-state index in [2.05, 4.69) is 0 Å². The lowest BCUT2D eigenvalue weighted by Crippen LogP contribution is -2.33. The third-order valence-corrected chi connectivity index (χ3v) is 3.94. The highest BCUT2D eigenvalue weighted by atomic mass is 16.5. The van der Waals surface area contributed by atoms with Crippen LogP contribution in [0.4, 0.5) is 0 Å². The van der Waals surface area contributed by atoms with Gasteiger partial charge in [-0.3, -0.25) is 4.79 Å². The predicted octanol–water partition coefficient (Wildman–Crippen LogP) is 4.23. The van der Waals surface area contributed by atoms with Gasteiger partial charge in [0.05, 0.1) is 13.2 Å². The van der Waals surface area contributed by atoms with E-state index in [1.54, 1.807) is 7.11 Å². The number of nitrogens with zero attached hydrogens (tertiary/aromatic N) is 1. The Kier molecular flexibility index (Phi) is 5.21. The van der Waals surface area contributed by atoms with Crippen molar-refractivity contribution in [2.24, 2.45) is 0 Å². The summed E-state index contributed by atoms with van der Waals surface area (Å²) in [6.07, 6.45) is 0. The summed E-state index contributed by atoms with van der Waals surface area (Å²) in [6, 6.07) is 15.6. The van der Waals surface area contributed by atoms with Crippen LogP contribution in [-0.4, -0.2) is 24.5 Å². The van der Waals surface area contributed by atoms with Crippen LogP contribution in [0.1, 0.15) is 41.4 Å². The minimum Gasteiger partial charge on any atom is -0.497 e. The standard InChI is InChI=1S/C19H23NO2/c1-5-20(19(21)16-11-9-14(2)10-12-16)15(3)17-7-6-8-18(13-17)22-4/h6-13,15H,5H2,1-4H3. The number of methoxy groups -OCH3 is 1. The van der Waals surface area contributed by atoms with Crippen LogP contribution in [0, 0.1) is 6.92 Å². The number of ether oxygens (including phenoxy) is 1. The number of amides is 1. The molecule has 2 aromatic rings. The second-order valence-corrected chi connectivity index (χ2v) is 5.41. The normalized spacial score (nSPS) is 11.8. The number of hydrogen-bond acceptors (Lipinski definition) is 2. The van der Waals surface area contributed by atoms with Crippen molar-refractivity contribution in [3.05, 3.63) is 65.2 Å². The second kappa shape index (κ2) is 7.12. The van der Waals surface area contributed by atoms with Gasteiger partial charge < -0.3 is 9.64 Å². The molecule has 1 amide bonds. The number of carbonyl (C=O) groups excluding carboxylic acids is 1. The minimum absolute atomic E-state index is 0.00565. The molecule has 0 saturated heterocycles. The van der Waals surface area contributed by atoms with E-state index in [9.17, 15) is 4.79 Å². The molecule has 3 nitrogen and oxygen atoms in total. The summed E-state index contributed by atoms with van der Waals surface area (Å²) in [5, 5.41) is 0. The zero-order valence-corrected chi connectivity index (χ0v) is 13.7. The zero-order valence-electron chi connectivity index (χ0n) is 13.7. The van der Waals surface area contributed by atoms with Gasteiger partial charge in [-0.05, 0) is 50.6 Å². The van der Waals surface area contributed by atoms with Crippen molar-refractivity contribution >= 4 is 5.91 Å². The smallest absolute Gasteiger partial charge is 0.254 e. The van der Waals surface area contributed by atoms with Gasteiger partial charge in [-0.1, -0.05) is 29.8 Å². The molecule has 0 spiro atoms. The molecule has 1 unspecified atom stereocenters. The lowest BCUT2D eigenvalue weighted by atomic mass is 10.0. The van der Waals surface area contributed by atoms with E-state index in [0.29, 0.717) is 6.54 Å². The Morgan fingerprint density at radius 2 is 1.86 bits per heavy atom. The van der Waals surface area contributed by atoms with E-state index in [1.807, 2.05) is 74.2 Å². The third kappa shape index (κ3) is 3.48. The fourth-order valence-electron chi connectivity index (χ4n) is 2.54. The van der Waals surface area contributed by atoms with Gasteiger partial charge in [-0.2, -0.15) is 0 Å². The van der Waals surface area contributed by atoms with Crippen molar-refractivity contribution in [1.82, 2.24) is 4.90 Å². The van der Waals surface area contributed by atoms with Crippen LogP contribution >= 0.6 is 0 Å². The van der Waals surface area contributed by atoms with Crippen molar-refractivity contribution in [3.63, 3.8) is 0 Å². The Bertz CT molecular complexity index is 634. The molecule has 22 heavy (non-hydrogen) atoms. The molecule has 0 aliphatic carbocycles. The topological polar surface area (TPSA) is 29.5 Å². The number of aryl methyl sites for hydroxylation is 1. The molecule has 3 heteroatoms. The first-order chi connectivity index (χ1) is 10.6. The summed E-state index contributed by atoms with van der Waals surface area (Å²) >= 11 is 0. The molecule has 0 aliphatic rings. The van der Waals surface area contributed by atoms with Crippen molar-refractivity contribution in [2.75, 3.05) is 13.7 Å². The molecule has 0 saturated carbocycles. The van der Waals surface area contributed by atoms with E-state index >= 15 is 0 Å². The molecule has 0 bridgehead atoms. The van der Waals surface area contributed by atoms with E-state index < -0.39 is 0 Å². The van der Waals surface area contributed by atoms with Crippen LogP contribution in [0.5, 0.6) is 5.75 Å². The van der Waals surface area contributed by atoms with Crippen LogP contribution in [0.15, 0.2) is 48.5 Å². The molecular weight excluding hydrogens is 274 g/mol. The summed E-state index contributed by atoms with van der Waals surface area (Å²) in [7, 11) is 1.65. The molecule has 0 fully saturated rings. The number of benzene rings is 2. The van der Waals surface area contributed by atoms with Crippen LogP contribution in [0.3, 0.4) is 0 Å². The van der Waals surface area contributed by atoms with Gasteiger partial charge in [0.1, 0.15) is 5.75 Å². The van der Waals surface area contributed by atoms with Crippen LogP contribution in [0.2, 0.25) is 0 Å². The van der Waals surface area contributed by atoms with E-state index in [-0.39, 0.29) is 11.9 Å². The average molecular weight is 297 g/mol. The van der Waals surface area contributed by atoms with Gasteiger partial charge >= 0.3 is 0 Å². The monoisotopic (exact) mass is 297 g/mol. The van der Waals surface area contributed by atoms with Crippen molar-refractivity contribution < 1.29 is 9.53 Å². The summed E-state index contributed by atoms with van der Waals surface area (Å²) in [6.45, 7) is 6.73. The highest BCUT2D eigenvalue weighted by molar-refractivity contribution is 5.94. The van der Waals surface area contributed by atoms with Gasteiger partial charge in [0.25, 0.3) is 5.91 Å². The Labute approximate surface area is 132 Å². The quantitative estimate of drug-likeness (QED) is 0.826. The van der Waals surface area contributed by atoms with Crippen molar-refractivity contribution in [2.45, 2.75) is 26.8 Å². The first kappa shape index (κ1) is 16.1. The average Bonchev–Trinajstić information content (AvgIpc) is 2.56. The van der Waals surface area contributed by atoms with E-state index in [0.717, 1.165) is 22.4 Å². The Hall–Kier alpha value is -2.29. The molecule has 1 atom stereocenters. The number of rotatable bonds is 5. The largest absolute Gasteiger partial charge is 0.497 e. The molecule has 0 aromatic heterocycles. The van der Waals surface area contributed by atoms with Crippen molar-refractivity contribution in [1.29, 1.82) is 0 Å². The van der Waals surface area contributed by atoms with E-state index in [1.165, 1.54) is 0 Å². The lowest BCUT2D eigenvalue weighted by Gasteiger charge is -2.29.